The third-order valence-corrected chi connectivity index (χ3v) is 6.18. The Morgan fingerprint density at radius 2 is 1.68 bits per heavy atom. The monoisotopic (exact) mass is 529 g/mol. The lowest BCUT2D eigenvalue weighted by atomic mass is 10.1. The van der Waals surface area contributed by atoms with Gasteiger partial charge in [0, 0.05) is 31.5 Å². The second-order valence-electron chi connectivity index (χ2n) is 9.00. The highest BCUT2D eigenvalue weighted by Gasteiger charge is 2.30. The average molecular weight is 530 g/mol. The maximum atomic E-state index is 13.3. The number of unbranched alkanes of at least 4 members (excludes halogenated alkanes) is 1. The van der Waals surface area contributed by atoms with E-state index in [2.05, 4.69) is 0 Å². The number of carbonyl (C=O) groups is 2. The first-order valence-electron chi connectivity index (χ1n) is 12.7. The highest BCUT2D eigenvalue weighted by atomic mass is 19.4. The van der Waals surface area contributed by atoms with Crippen molar-refractivity contribution in [3.05, 3.63) is 89.7 Å². The van der Waals surface area contributed by atoms with Gasteiger partial charge < -0.3 is 19.1 Å². The topological polar surface area (TPSA) is 54.8 Å². The van der Waals surface area contributed by atoms with E-state index in [1.54, 1.807) is 29.3 Å². The highest BCUT2D eigenvalue weighted by molar-refractivity contribution is 5.85. The number of hydrogen-bond acceptors (Lipinski definition) is 3. The minimum atomic E-state index is -4.41. The molecule has 0 fully saturated rings. The predicted octanol–water partition coefficient (Wildman–Crippen LogP) is 5.61. The van der Waals surface area contributed by atoms with Gasteiger partial charge in [-0.05, 0) is 55.3 Å². The summed E-state index contributed by atoms with van der Waals surface area (Å²) in [6.07, 6.45) is -0.942. The van der Waals surface area contributed by atoms with Gasteiger partial charge in [0.1, 0.15) is 5.75 Å². The Balaban J connectivity index is 1.67. The number of ether oxygens (including phenoxy) is 1. The van der Waals surface area contributed by atoms with Crippen LogP contribution in [0.1, 0.15) is 43.5 Å². The molecule has 204 valence electrons. The summed E-state index contributed by atoms with van der Waals surface area (Å²) >= 11 is 0. The van der Waals surface area contributed by atoms with E-state index in [0.717, 1.165) is 30.7 Å². The van der Waals surface area contributed by atoms with Gasteiger partial charge in [0.25, 0.3) is 5.91 Å². The van der Waals surface area contributed by atoms with Gasteiger partial charge in [-0.25, -0.2) is 0 Å². The molecule has 0 atom stereocenters. The smallest absolute Gasteiger partial charge is 0.416 e. The van der Waals surface area contributed by atoms with Gasteiger partial charge in [0.05, 0.1) is 18.7 Å². The van der Waals surface area contributed by atoms with Crippen molar-refractivity contribution in [3.8, 4) is 5.75 Å². The second kappa shape index (κ2) is 13.7. The number of aromatic nitrogens is 1. The highest BCUT2D eigenvalue weighted by Crippen LogP contribution is 2.29. The van der Waals surface area contributed by atoms with E-state index in [1.165, 1.54) is 11.0 Å². The molecule has 0 aliphatic rings. The van der Waals surface area contributed by atoms with Gasteiger partial charge in [-0.2, -0.15) is 13.2 Å². The molecule has 0 bridgehead atoms. The lowest BCUT2D eigenvalue weighted by Gasteiger charge is -2.27. The molecular weight excluding hydrogens is 495 g/mol. The predicted molar refractivity (Wildman–Crippen MR) is 139 cm³/mol. The van der Waals surface area contributed by atoms with Crippen LogP contribution in [0.4, 0.5) is 13.2 Å². The molecule has 38 heavy (non-hydrogen) atoms. The molecule has 2 aromatic carbocycles. The SMILES string of the molecule is CCCCN(Cc1cccn1Cc1cccc(C(F)(F)F)c1)C(=O)CN(CC)C(=O)COc1ccccc1. The molecule has 6 nitrogen and oxygen atoms in total. The van der Waals surface area contributed by atoms with Gasteiger partial charge in [0.2, 0.25) is 5.91 Å². The van der Waals surface area contributed by atoms with E-state index in [0.29, 0.717) is 24.4 Å². The van der Waals surface area contributed by atoms with E-state index >= 15 is 0 Å². The standard InChI is InChI=1S/C29H34F3N3O3/c1-3-5-16-35(27(36)21-33(4-2)28(37)22-38-26-14-7-6-8-15-26)20-25-13-10-17-34(25)19-23-11-9-12-24(18-23)29(30,31)32/h6-15,17-18H,3-5,16,19-22H2,1-2H3. The molecule has 0 N–H and O–H groups in total. The Morgan fingerprint density at radius 3 is 2.37 bits per heavy atom. The first-order valence-corrected chi connectivity index (χ1v) is 12.7. The number of likely N-dealkylation sites (N-methyl/N-ethyl adjacent to an activating group) is 1. The zero-order valence-corrected chi connectivity index (χ0v) is 21.8. The van der Waals surface area contributed by atoms with E-state index in [9.17, 15) is 22.8 Å². The number of carbonyl (C=O) groups excluding carboxylic acids is 2. The molecule has 0 aliphatic heterocycles. The molecule has 1 aromatic heterocycles. The van der Waals surface area contributed by atoms with Crippen molar-refractivity contribution in [2.45, 2.75) is 46.0 Å². The fraction of sp³-hybridized carbons (Fsp3) is 0.379. The van der Waals surface area contributed by atoms with E-state index in [4.69, 9.17) is 4.74 Å². The average Bonchev–Trinajstić information content (AvgIpc) is 3.34. The maximum Gasteiger partial charge on any atom is 0.416 e. The van der Waals surface area contributed by atoms with Crippen LogP contribution in [-0.2, 0) is 28.9 Å². The summed E-state index contributed by atoms with van der Waals surface area (Å²) in [7, 11) is 0. The van der Waals surface area contributed by atoms with Crippen LogP contribution in [0.25, 0.3) is 0 Å². The molecule has 0 aliphatic carbocycles. The molecule has 3 aromatic rings. The normalized spacial score (nSPS) is 11.3. The number of halogens is 3. The van der Waals surface area contributed by atoms with Crippen molar-refractivity contribution in [1.82, 2.24) is 14.4 Å². The van der Waals surface area contributed by atoms with Crippen LogP contribution in [0, 0.1) is 0 Å². The molecule has 2 amide bonds. The third kappa shape index (κ3) is 8.39. The largest absolute Gasteiger partial charge is 0.484 e. The summed E-state index contributed by atoms with van der Waals surface area (Å²) in [6.45, 7) is 5.00. The summed E-state index contributed by atoms with van der Waals surface area (Å²) in [5.41, 5.74) is 0.627. The molecular formula is C29H34F3N3O3. The van der Waals surface area contributed by atoms with Crippen molar-refractivity contribution in [3.63, 3.8) is 0 Å². The molecule has 0 saturated carbocycles. The van der Waals surface area contributed by atoms with Crippen molar-refractivity contribution >= 4 is 11.8 Å². The first kappa shape index (κ1) is 28.8. The Hall–Kier alpha value is -3.75. The Bertz CT molecular complexity index is 1180. The Kier molecular flexibility index (Phi) is 10.4. The number of alkyl halides is 3. The molecule has 3 rings (SSSR count). The van der Waals surface area contributed by atoms with Gasteiger partial charge >= 0.3 is 6.18 Å². The lowest BCUT2D eigenvalue weighted by molar-refractivity contribution is -0.141. The van der Waals surface area contributed by atoms with Crippen molar-refractivity contribution in [1.29, 1.82) is 0 Å². The summed E-state index contributed by atoms with van der Waals surface area (Å²) < 4.78 is 46.8. The number of hydrogen-bond donors (Lipinski definition) is 0. The van der Waals surface area contributed by atoms with Crippen molar-refractivity contribution in [2.24, 2.45) is 0 Å². The number of nitrogens with zero attached hydrogens (tertiary/aromatic N) is 3. The number of benzene rings is 2. The lowest BCUT2D eigenvalue weighted by Crippen LogP contribution is -2.44. The van der Waals surface area contributed by atoms with Gasteiger partial charge in [-0.1, -0.05) is 43.7 Å². The number of rotatable bonds is 13. The maximum absolute atomic E-state index is 13.3. The van der Waals surface area contributed by atoms with E-state index in [1.807, 2.05) is 48.7 Å². The summed E-state index contributed by atoms with van der Waals surface area (Å²) in [6, 6.07) is 17.9. The third-order valence-electron chi connectivity index (χ3n) is 6.18. The Morgan fingerprint density at radius 1 is 0.921 bits per heavy atom. The van der Waals surface area contributed by atoms with Crippen molar-refractivity contribution < 1.29 is 27.5 Å². The molecule has 0 unspecified atom stereocenters. The quantitative estimate of drug-likeness (QED) is 0.289. The second-order valence-corrected chi connectivity index (χ2v) is 9.00. The van der Waals surface area contributed by atoms with Crippen LogP contribution in [0.15, 0.2) is 72.9 Å². The summed E-state index contributed by atoms with van der Waals surface area (Å²) in [4.78, 5) is 29.2. The fourth-order valence-corrected chi connectivity index (χ4v) is 4.02. The van der Waals surface area contributed by atoms with E-state index in [-0.39, 0.29) is 38.1 Å². The number of para-hydroxylation sites is 1. The zero-order valence-electron chi connectivity index (χ0n) is 21.8. The van der Waals surface area contributed by atoms with Crippen LogP contribution in [0.3, 0.4) is 0 Å². The fourth-order valence-electron chi connectivity index (χ4n) is 4.02. The van der Waals surface area contributed by atoms with Gasteiger partial charge in [-0.15, -0.1) is 0 Å². The van der Waals surface area contributed by atoms with Crippen LogP contribution in [-0.4, -0.2) is 52.4 Å². The van der Waals surface area contributed by atoms with E-state index < -0.39 is 11.7 Å². The summed E-state index contributed by atoms with van der Waals surface area (Å²) in [5, 5.41) is 0. The van der Waals surface area contributed by atoms with Crippen molar-refractivity contribution in [2.75, 3.05) is 26.2 Å². The zero-order chi connectivity index (χ0) is 27.5. The van der Waals surface area contributed by atoms with Crippen LogP contribution in [0.2, 0.25) is 0 Å². The molecule has 0 spiro atoms. The van der Waals surface area contributed by atoms with Gasteiger partial charge in [-0.3, -0.25) is 9.59 Å². The minimum Gasteiger partial charge on any atom is -0.484 e. The van der Waals surface area contributed by atoms with Crippen LogP contribution in [0.5, 0.6) is 5.75 Å². The van der Waals surface area contributed by atoms with Crippen LogP contribution >= 0.6 is 0 Å². The first-order chi connectivity index (χ1) is 18.2. The van der Waals surface area contributed by atoms with Crippen LogP contribution < -0.4 is 4.74 Å². The molecule has 0 radical (unpaired) electrons. The summed E-state index contributed by atoms with van der Waals surface area (Å²) in [5.74, 6) is 0.0996. The molecule has 0 saturated heterocycles. The minimum absolute atomic E-state index is 0.0778. The number of amides is 2. The van der Waals surface area contributed by atoms with Gasteiger partial charge in [0.15, 0.2) is 6.61 Å². The molecule has 1 heterocycles. The molecule has 9 heteroatoms. The Labute approximate surface area is 221 Å².